The van der Waals surface area contributed by atoms with Gasteiger partial charge in [0.15, 0.2) is 75.4 Å². The minimum Gasteiger partial charge on any atom is -0.506 e. The van der Waals surface area contributed by atoms with Crippen molar-refractivity contribution in [1.82, 2.24) is 5.32 Å². The lowest BCUT2D eigenvalue weighted by molar-refractivity contribution is -0.329. The number of carbonyl (C=O) groups excluding carboxylic acids is 1. The predicted octanol–water partition coefficient (Wildman–Crippen LogP) is -5.38. The number of amides is 1. The molecule has 0 aromatic heterocycles. The molecule has 2 bridgehead atoms. The average molecular weight is 1190 g/mol. The number of hydrogen-bond acceptors (Lipinski definition) is 35. The lowest BCUT2D eigenvalue weighted by atomic mass is 9.98. The first kappa shape index (κ1) is 71.5. The highest BCUT2D eigenvalue weighted by Crippen LogP contribution is 2.31. The summed E-state index contributed by atoms with van der Waals surface area (Å²) in [5, 5.41) is 278. The summed E-state index contributed by atoms with van der Waals surface area (Å²) in [7, 11) is 0. The number of nitrogens with one attached hydrogen (secondary N) is 1. The summed E-state index contributed by atoms with van der Waals surface area (Å²) in [6.07, 6.45) is -45.7. The fourth-order valence-electron chi connectivity index (χ4n) is 7.16. The summed E-state index contributed by atoms with van der Waals surface area (Å²) in [4.78, 5) is 11.9. The van der Waals surface area contributed by atoms with Gasteiger partial charge in [0.25, 0.3) is 0 Å². The molecule has 3 aliphatic rings. The second kappa shape index (κ2) is 34.7. The minimum absolute atomic E-state index is 0.567. The molecule has 0 aromatic rings. The molecule has 81 heavy (non-hydrogen) atoms. The normalized spacial score (nSPS) is 38.0. The third kappa shape index (κ3) is 20.1. The monoisotopic (exact) mass is 1190 g/mol. The van der Waals surface area contributed by atoms with Gasteiger partial charge in [-0.3, -0.25) is 4.79 Å². The van der Waals surface area contributed by atoms with Crippen LogP contribution in [-0.2, 0) is 42.7 Å². The highest BCUT2D eigenvalue weighted by atomic mass is 16.7. The predicted molar refractivity (Wildman–Crippen MR) is 258 cm³/mol. The van der Waals surface area contributed by atoms with Crippen LogP contribution in [0.15, 0.2) is 81.8 Å². The van der Waals surface area contributed by atoms with Crippen LogP contribution in [0.5, 0.6) is 0 Å². The van der Waals surface area contributed by atoms with Crippen molar-refractivity contribution in [3.8, 4) is 0 Å². The summed E-state index contributed by atoms with van der Waals surface area (Å²) in [5.41, 5.74) is 0. The molecular weight excluding hydrogens is 1110 g/mol. The van der Waals surface area contributed by atoms with Crippen molar-refractivity contribution in [3.05, 3.63) is 81.8 Å². The van der Waals surface area contributed by atoms with Gasteiger partial charge in [0.05, 0.1) is 6.61 Å². The summed E-state index contributed by atoms with van der Waals surface area (Å²) in [5.74, 6) is -20.1. The van der Waals surface area contributed by atoms with Crippen molar-refractivity contribution in [2.45, 2.75) is 144 Å². The summed E-state index contributed by atoms with van der Waals surface area (Å²) < 4.78 is 41.4. The van der Waals surface area contributed by atoms with Crippen molar-refractivity contribution in [3.63, 3.8) is 0 Å². The summed E-state index contributed by atoms with van der Waals surface area (Å²) in [6.45, 7) is -3.47. The van der Waals surface area contributed by atoms with Gasteiger partial charge in [-0.05, 0) is 12.5 Å². The van der Waals surface area contributed by atoms with Crippen LogP contribution in [0.2, 0.25) is 0 Å². The molecular formula is C45H73NO35. The van der Waals surface area contributed by atoms with Gasteiger partial charge >= 0.3 is 0 Å². The number of fused-ring (bicyclic) bond motifs is 26. The Morgan fingerprint density at radius 3 is 0.889 bits per heavy atom. The molecule has 0 aromatic carbocycles. The quantitative estimate of drug-likeness (QED) is 0.0681. The van der Waals surface area contributed by atoms with E-state index in [-0.39, 0.29) is 0 Å². The number of rotatable bonds is 15. The van der Waals surface area contributed by atoms with Crippen molar-refractivity contribution < 1.29 is 175 Å². The fraction of sp³-hybridized carbons (Fsp3) is 0.667. The van der Waals surface area contributed by atoms with Gasteiger partial charge in [-0.1, -0.05) is 6.58 Å². The summed E-state index contributed by atoms with van der Waals surface area (Å²) in [6, 6.07) is 0. The van der Waals surface area contributed by atoms with Gasteiger partial charge < -0.3 is 176 Å². The van der Waals surface area contributed by atoms with Crippen LogP contribution in [0.1, 0.15) is 38.5 Å². The molecule has 0 saturated carbocycles. The Kier molecular flexibility index (Phi) is 30.6. The van der Waals surface area contributed by atoms with E-state index in [2.05, 4.69) is 11.9 Å². The molecule has 17 unspecified atom stereocenters. The third-order valence-electron chi connectivity index (χ3n) is 11.5. The zero-order valence-corrected chi connectivity index (χ0v) is 42.6. The van der Waals surface area contributed by atoms with Crippen LogP contribution in [0.4, 0.5) is 0 Å². The Labute approximate surface area is 457 Å². The SMILES string of the molecule is C=CC(=O)NCCC1OC(O)/C(O)=C(\O)C(CCO)OC(O)/C(O)=C(/O)C(CCO)OC2OC(CO)C(OC(O)/C(O)=C(/O)C(CCO)OC(O)/C(O)=C(/O)C(CCO)OC(O)/C(O)=C(\O)C(CCO)OC(O)C(O)=C1O)C(O)C2O. The number of aliphatic hydroxyl groups excluding tert-OH is 26. The van der Waals surface area contributed by atoms with Gasteiger partial charge in [0.2, 0.25) is 43.6 Å². The first-order chi connectivity index (χ1) is 38.1. The number of hydrogen-bond donors (Lipinski definition) is 27. The van der Waals surface area contributed by atoms with E-state index in [4.69, 9.17) is 37.9 Å². The average Bonchev–Trinajstić information content (AvgIpc) is 3.45. The van der Waals surface area contributed by atoms with Gasteiger partial charge in [-0.15, -0.1) is 0 Å². The first-order valence-electron chi connectivity index (χ1n) is 24.1. The molecule has 3 rings (SSSR count). The molecule has 0 spiro atoms. The van der Waals surface area contributed by atoms with E-state index in [0.29, 0.717) is 0 Å². The van der Waals surface area contributed by atoms with E-state index in [1.165, 1.54) is 0 Å². The van der Waals surface area contributed by atoms with Crippen LogP contribution < -0.4 is 5.32 Å². The number of carbonyl (C=O) groups is 1. The van der Waals surface area contributed by atoms with Gasteiger partial charge in [0.1, 0.15) is 61.0 Å². The lowest BCUT2D eigenvalue weighted by Gasteiger charge is -2.43. The van der Waals surface area contributed by atoms with Gasteiger partial charge in [0, 0.05) is 71.7 Å². The molecule has 0 aliphatic carbocycles. The molecule has 1 amide bonds. The lowest BCUT2D eigenvalue weighted by Crippen LogP contribution is -2.61. The molecule has 468 valence electrons. The van der Waals surface area contributed by atoms with Crippen LogP contribution in [-0.4, -0.2) is 290 Å². The van der Waals surface area contributed by atoms with Crippen molar-refractivity contribution in [1.29, 1.82) is 0 Å². The Balaban J connectivity index is 2.92. The van der Waals surface area contributed by atoms with Crippen molar-refractivity contribution >= 4 is 5.91 Å². The maximum absolute atomic E-state index is 11.9. The van der Waals surface area contributed by atoms with Crippen molar-refractivity contribution in [2.24, 2.45) is 0 Å². The molecule has 3 heterocycles. The molecule has 1 fully saturated rings. The Hall–Kier alpha value is -5.63. The molecule has 36 heteroatoms. The molecule has 27 N–H and O–H groups in total. The fourth-order valence-corrected chi connectivity index (χ4v) is 7.16. The van der Waals surface area contributed by atoms with Crippen LogP contribution in [0.25, 0.3) is 0 Å². The number of ether oxygens (including phenoxy) is 8. The van der Waals surface area contributed by atoms with E-state index < -0.39 is 265 Å². The molecule has 0 radical (unpaired) electrons. The highest BCUT2D eigenvalue weighted by molar-refractivity contribution is 5.86. The van der Waals surface area contributed by atoms with Gasteiger partial charge in [-0.25, -0.2) is 0 Å². The Bertz CT molecular complexity index is 2160. The molecule has 3 aliphatic heterocycles. The Morgan fingerprint density at radius 1 is 0.370 bits per heavy atom. The maximum atomic E-state index is 11.9. The maximum Gasteiger partial charge on any atom is 0.243 e. The first-order valence-corrected chi connectivity index (χ1v) is 24.1. The van der Waals surface area contributed by atoms with Crippen molar-refractivity contribution in [2.75, 3.05) is 46.2 Å². The van der Waals surface area contributed by atoms with Crippen LogP contribution in [0, 0.1) is 0 Å². The van der Waals surface area contributed by atoms with Gasteiger partial charge in [-0.2, -0.15) is 0 Å². The minimum atomic E-state index is -2.89. The van der Waals surface area contributed by atoms with Crippen LogP contribution >= 0.6 is 0 Å². The zero-order chi connectivity index (χ0) is 61.6. The Morgan fingerprint density at radius 2 is 0.630 bits per heavy atom. The van der Waals surface area contributed by atoms with E-state index in [1.54, 1.807) is 0 Å². The molecule has 17 atom stereocenters. The number of aliphatic hydroxyl groups is 26. The zero-order valence-electron chi connectivity index (χ0n) is 42.6. The van der Waals surface area contributed by atoms with Crippen LogP contribution in [0.3, 0.4) is 0 Å². The standard InChI is InChI=1S/C45H73NO35/c1-2-23(53)46-9-3-16-24(54)31(61)40(69)75-18(5-11-48)26(56)33(63)41(70)76-19(6-12-49)27(57)34(64)42(71)78-20(7-13-50)28(58)36(66)44(73)81-38-22(15-52)80-45(37(67)30(38)60)79-21(8-14-51)29(59)35(65)43(72)77-17(4-10-47)25(55)32(62)39(68)74-16/h2,16-22,30,37-45,47-52,54-73H,1,3-15H2,(H,46,53)/b31-24?,32-25+,33-26+,34-27-,35-29-,36-28-. The third-order valence-corrected chi connectivity index (χ3v) is 11.5. The van der Waals surface area contributed by atoms with E-state index >= 15 is 0 Å². The molecule has 36 nitrogen and oxygen atoms in total. The van der Waals surface area contributed by atoms with E-state index in [0.717, 1.165) is 6.08 Å². The topological polar surface area (TPSA) is 629 Å². The largest absolute Gasteiger partial charge is 0.506 e. The second-order valence-electron chi connectivity index (χ2n) is 17.1. The van der Waals surface area contributed by atoms with E-state index in [1.807, 2.05) is 0 Å². The smallest absolute Gasteiger partial charge is 0.243 e. The molecule has 1 saturated heterocycles. The second-order valence-corrected chi connectivity index (χ2v) is 17.1. The summed E-state index contributed by atoms with van der Waals surface area (Å²) >= 11 is 0. The van der Waals surface area contributed by atoms with E-state index in [9.17, 15) is 138 Å². The highest BCUT2D eigenvalue weighted by Gasteiger charge is 2.48.